The first-order valence-electron chi connectivity index (χ1n) is 9.64. The summed E-state index contributed by atoms with van der Waals surface area (Å²) in [6.45, 7) is 1.09. The van der Waals surface area contributed by atoms with Crippen LogP contribution in [0.5, 0.6) is 0 Å². The third-order valence-corrected chi connectivity index (χ3v) is 5.41. The van der Waals surface area contributed by atoms with Crippen LogP contribution in [0.25, 0.3) is 11.1 Å². The molecule has 1 fully saturated rings. The number of benzene rings is 1. The Morgan fingerprint density at radius 3 is 2.33 bits per heavy atom. The fourth-order valence-corrected chi connectivity index (χ4v) is 3.65. The number of aromatic nitrogens is 3. The fraction of sp³-hybridized carbons (Fsp3) is 0.227. The highest BCUT2D eigenvalue weighted by molar-refractivity contribution is 6.06. The maximum atomic E-state index is 12.6. The number of carbonyl (C=O) groups excluding carboxylic acids is 1. The van der Waals surface area contributed by atoms with Crippen LogP contribution in [0.2, 0.25) is 0 Å². The summed E-state index contributed by atoms with van der Waals surface area (Å²) in [7, 11) is 0. The van der Waals surface area contributed by atoms with Gasteiger partial charge in [0, 0.05) is 43.6 Å². The molecule has 1 amide bonds. The number of hydrogen-bond acceptors (Lipinski definition) is 6. The van der Waals surface area contributed by atoms with E-state index in [1.54, 1.807) is 30.7 Å². The van der Waals surface area contributed by atoms with Gasteiger partial charge >= 0.3 is 0 Å². The molecule has 8 nitrogen and oxygen atoms in total. The minimum atomic E-state index is -0.563. The lowest BCUT2D eigenvalue weighted by Crippen LogP contribution is -2.46. The smallest absolute Gasteiger partial charge is 0.280 e. The van der Waals surface area contributed by atoms with E-state index in [-0.39, 0.29) is 5.95 Å². The van der Waals surface area contributed by atoms with E-state index in [9.17, 15) is 4.79 Å². The quantitative estimate of drug-likeness (QED) is 0.506. The summed E-state index contributed by atoms with van der Waals surface area (Å²) in [5.74, 6) is 0.129. The first kappa shape index (κ1) is 19.7. The molecule has 1 aromatic carbocycles. The highest BCUT2D eigenvalue weighted by atomic mass is 16.5. The van der Waals surface area contributed by atoms with Crippen molar-refractivity contribution < 1.29 is 9.53 Å². The van der Waals surface area contributed by atoms with Gasteiger partial charge in [0.2, 0.25) is 5.95 Å². The number of ether oxygens (including phenoxy) is 1. The molecule has 2 aromatic heterocycles. The van der Waals surface area contributed by atoms with Gasteiger partial charge in [-0.25, -0.2) is 9.97 Å². The Balaban J connectivity index is 1.67. The normalized spacial score (nSPS) is 16.2. The molecular weight excluding hydrogens is 380 g/mol. The number of anilines is 1. The van der Waals surface area contributed by atoms with Gasteiger partial charge in [0.25, 0.3) is 5.91 Å². The van der Waals surface area contributed by atoms with Gasteiger partial charge in [0.1, 0.15) is 5.84 Å². The lowest BCUT2D eigenvalue weighted by Gasteiger charge is -2.37. The van der Waals surface area contributed by atoms with E-state index in [2.05, 4.69) is 19.9 Å². The maximum Gasteiger partial charge on any atom is 0.280 e. The molecule has 3 aromatic rings. The zero-order valence-corrected chi connectivity index (χ0v) is 16.4. The zero-order valence-electron chi connectivity index (χ0n) is 16.4. The van der Waals surface area contributed by atoms with E-state index in [1.165, 1.54) is 6.20 Å². The monoisotopic (exact) mass is 402 g/mol. The maximum absolute atomic E-state index is 12.6. The van der Waals surface area contributed by atoms with E-state index in [4.69, 9.17) is 16.2 Å². The van der Waals surface area contributed by atoms with Crippen molar-refractivity contribution in [2.24, 2.45) is 10.7 Å². The molecule has 8 heteroatoms. The summed E-state index contributed by atoms with van der Waals surface area (Å²) in [6.07, 6.45) is 7.75. The predicted molar refractivity (Wildman–Crippen MR) is 114 cm³/mol. The Morgan fingerprint density at radius 2 is 1.70 bits per heavy atom. The SMILES string of the molecule is NC(=NC(=O)c1cccnc1)C1(c2ccc(-c3cnc(N)nc3)cc2)CCOCC1. The van der Waals surface area contributed by atoms with Crippen LogP contribution in [-0.4, -0.2) is 39.9 Å². The highest BCUT2D eigenvalue weighted by Gasteiger charge is 2.39. The molecule has 0 unspecified atom stereocenters. The summed E-state index contributed by atoms with van der Waals surface area (Å²) in [6, 6.07) is 11.4. The molecule has 0 atom stereocenters. The molecule has 4 rings (SSSR count). The number of hydrogen-bond donors (Lipinski definition) is 2. The summed E-state index contributed by atoms with van der Waals surface area (Å²) in [5.41, 5.74) is 14.7. The van der Waals surface area contributed by atoms with E-state index < -0.39 is 11.3 Å². The summed E-state index contributed by atoms with van der Waals surface area (Å²) < 4.78 is 5.56. The third-order valence-electron chi connectivity index (χ3n) is 5.41. The zero-order chi connectivity index (χ0) is 21.0. The van der Waals surface area contributed by atoms with Gasteiger partial charge in [-0.1, -0.05) is 24.3 Å². The Morgan fingerprint density at radius 1 is 1.00 bits per heavy atom. The second-order valence-electron chi connectivity index (χ2n) is 7.15. The first-order valence-corrected chi connectivity index (χ1v) is 9.64. The van der Waals surface area contributed by atoms with Crippen LogP contribution in [0.4, 0.5) is 5.95 Å². The third kappa shape index (κ3) is 3.90. The van der Waals surface area contributed by atoms with E-state index in [0.29, 0.717) is 37.5 Å². The molecule has 0 saturated carbocycles. The lowest BCUT2D eigenvalue weighted by atomic mass is 9.73. The first-order chi connectivity index (χ1) is 14.6. The lowest BCUT2D eigenvalue weighted by molar-refractivity contribution is 0.0701. The van der Waals surface area contributed by atoms with Gasteiger partial charge in [0.05, 0.1) is 11.0 Å². The Bertz CT molecular complexity index is 1040. The number of nitrogens with zero attached hydrogens (tertiary/aromatic N) is 4. The van der Waals surface area contributed by atoms with Crippen molar-refractivity contribution in [2.75, 3.05) is 18.9 Å². The standard InChI is InChI=1S/C22H22N6O2/c23-20(28-19(29)16-2-1-9-25-12-16)22(7-10-30-11-8-22)18-5-3-15(4-6-18)17-13-26-21(24)27-14-17/h1-6,9,12-14H,7-8,10-11H2,(H2,23,28,29)(H2,24,26,27). The van der Waals surface area contributed by atoms with Crippen LogP contribution >= 0.6 is 0 Å². The number of pyridine rings is 1. The summed E-state index contributed by atoms with van der Waals surface area (Å²) >= 11 is 0. The average Bonchev–Trinajstić information content (AvgIpc) is 2.80. The molecule has 1 saturated heterocycles. The Hall–Kier alpha value is -3.65. The molecule has 0 bridgehead atoms. The van der Waals surface area contributed by atoms with Crippen LogP contribution in [0.1, 0.15) is 28.8 Å². The number of amidine groups is 1. The van der Waals surface area contributed by atoms with Gasteiger partial charge in [-0.3, -0.25) is 9.78 Å². The van der Waals surface area contributed by atoms with Crippen LogP contribution in [0.3, 0.4) is 0 Å². The van der Waals surface area contributed by atoms with Gasteiger partial charge in [-0.05, 0) is 36.1 Å². The van der Waals surface area contributed by atoms with Gasteiger partial charge in [-0.2, -0.15) is 4.99 Å². The van der Waals surface area contributed by atoms with Crippen LogP contribution in [-0.2, 0) is 10.2 Å². The number of carbonyl (C=O) groups is 1. The summed E-state index contributed by atoms with van der Waals surface area (Å²) in [5, 5.41) is 0. The van der Waals surface area contributed by atoms with Crippen LogP contribution < -0.4 is 11.5 Å². The van der Waals surface area contributed by atoms with Crippen LogP contribution in [0, 0.1) is 0 Å². The van der Waals surface area contributed by atoms with E-state index in [1.807, 2.05) is 24.3 Å². The second-order valence-corrected chi connectivity index (χ2v) is 7.15. The van der Waals surface area contributed by atoms with Crippen molar-refractivity contribution in [2.45, 2.75) is 18.3 Å². The molecule has 4 N–H and O–H groups in total. The van der Waals surface area contributed by atoms with Crippen molar-refractivity contribution in [1.29, 1.82) is 0 Å². The molecule has 0 aliphatic carbocycles. The molecule has 0 spiro atoms. The number of rotatable bonds is 4. The fourth-order valence-electron chi connectivity index (χ4n) is 3.65. The van der Waals surface area contributed by atoms with Crippen molar-refractivity contribution in [1.82, 2.24) is 15.0 Å². The molecular formula is C22H22N6O2. The molecule has 3 heterocycles. The molecule has 1 aliphatic heterocycles. The number of amides is 1. The largest absolute Gasteiger partial charge is 0.386 e. The Kier molecular flexibility index (Phi) is 5.49. The minimum Gasteiger partial charge on any atom is -0.386 e. The van der Waals surface area contributed by atoms with E-state index in [0.717, 1.165) is 16.7 Å². The van der Waals surface area contributed by atoms with Gasteiger partial charge in [0.15, 0.2) is 0 Å². The molecule has 152 valence electrons. The van der Waals surface area contributed by atoms with Crippen molar-refractivity contribution >= 4 is 17.7 Å². The van der Waals surface area contributed by atoms with Crippen LogP contribution in [0.15, 0.2) is 66.2 Å². The molecule has 1 aliphatic rings. The molecule has 30 heavy (non-hydrogen) atoms. The van der Waals surface area contributed by atoms with Gasteiger partial charge < -0.3 is 16.2 Å². The van der Waals surface area contributed by atoms with Crippen molar-refractivity contribution in [3.05, 3.63) is 72.3 Å². The van der Waals surface area contributed by atoms with Gasteiger partial charge in [-0.15, -0.1) is 0 Å². The second kappa shape index (κ2) is 8.38. The minimum absolute atomic E-state index is 0.235. The summed E-state index contributed by atoms with van der Waals surface area (Å²) in [4.78, 5) is 28.9. The number of nitrogen functional groups attached to an aromatic ring is 1. The predicted octanol–water partition coefficient (Wildman–Crippen LogP) is 2.37. The highest BCUT2D eigenvalue weighted by Crippen LogP contribution is 2.36. The molecule has 0 radical (unpaired) electrons. The average molecular weight is 402 g/mol. The van der Waals surface area contributed by atoms with E-state index >= 15 is 0 Å². The Labute approximate surface area is 174 Å². The topological polar surface area (TPSA) is 129 Å². The van der Waals surface area contributed by atoms with Crippen molar-refractivity contribution in [3.63, 3.8) is 0 Å². The van der Waals surface area contributed by atoms with Crippen molar-refractivity contribution in [3.8, 4) is 11.1 Å². The number of nitrogens with two attached hydrogens (primary N) is 2. The number of aliphatic imine (C=N–C) groups is 1.